The summed E-state index contributed by atoms with van der Waals surface area (Å²) in [5.74, 6) is -1.82. The molecular formula is C6H10O2. The second-order valence-electron chi connectivity index (χ2n) is 2.47. The molecule has 0 aromatic heterocycles. The van der Waals surface area contributed by atoms with E-state index >= 15 is 0 Å². The highest BCUT2D eigenvalue weighted by molar-refractivity contribution is 4.68. The molecule has 0 bridgehead atoms. The van der Waals surface area contributed by atoms with Gasteiger partial charge in [-0.3, -0.25) is 0 Å². The van der Waals surface area contributed by atoms with Gasteiger partial charge in [0.15, 0.2) is 0 Å². The van der Waals surface area contributed by atoms with Crippen LogP contribution in [-0.2, 0) is 10.2 Å². The summed E-state index contributed by atoms with van der Waals surface area (Å²) in [7, 11) is 0. The van der Waals surface area contributed by atoms with Crippen LogP contribution < -0.4 is 0 Å². The molecule has 0 atom stereocenters. The zero-order chi connectivity index (χ0) is 6.04. The average molecular weight is 114 g/mol. The average Bonchev–Trinajstić information content (AvgIpc) is 1.65. The van der Waals surface area contributed by atoms with Crippen LogP contribution in [0.3, 0.4) is 0 Å². The first-order valence-electron chi connectivity index (χ1n) is 3.12. The lowest BCUT2D eigenvalue weighted by Crippen LogP contribution is -2.26. The monoisotopic (exact) mass is 114 g/mol. The third kappa shape index (κ3) is 1.46. The highest BCUT2D eigenvalue weighted by atomic mass is 16.5. The van der Waals surface area contributed by atoms with Gasteiger partial charge in [0.1, 0.15) is 0 Å². The van der Waals surface area contributed by atoms with Gasteiger partial charge >= 0.3 is 0 Å². The van der Waals surface area contributed by atoms with Gasteiger partial charge < -0.3 is 0 Å². The van der Waals surface area contributed by atoms with Crippen LogP contribution in [0.25, 0.3) is 0 Å². The van der Waals surface area contributed by atoms with E-state index in [1.807, 2.05) is 0 Å². The Morgan fingerprint density at radius 3 is 1.62 bits per heavy atom. The second kappa shape index (κ2) is 2.03. The Morgan fingerprint density at radius 2 is 1.38 bits per heavy atom. The quantitative estimate of drug-likeness (QED) is 0.428. The van der Waals surface area contributed by atoms with Crippen LogP contribution in [0, 0.1) is 0 Å². The lowest BCUT2D eigenvalue weighted by atomic mass is 9.95. The molecule has 0 unspecified atom stereocenters. The Morgan fingerprint density at radius 1 is 0.875 bits per heavy atom. The predicted octanol–water partition coefficient (Wildman–Crippen LogP) is 1.51. The molecule has 2 radical (unpaired) electrons. The molecule has 0 saturated heterocycles. The van der Waals surface area contributed by atoms with Gasteiger partial charge in [-0.15, -0.1) is 0 Å². The molecule has 2 heteroatoms. The highest BCUT2D eigenvalue weighted by Gasteiger charge is 2.29. The first-order chi connectivity index (χ1) is 3.71. The zero-order valence-electron chi connectivity index (χ0n) is 4.85. The van der Waals surface area contributed by atoms with E-state index < -0.39 is 5.79 Å². The molecule has 1 aliphatic carbocycles. The number of rotatable bonds is 0. The fraction of sp³-hybridized carbons (Fsp3) is 1.00. The van der Waals surface area contributed by atoms with Gasteiger partial charge in [0, 0.05) is 12.8 Å². The van der Waals surface area contributed by atoms with Crippen molar-refractivity contribution in [2.75, 3.05) is 0 Å². The van der Waals surface area contributed by atoms with Crippen LogP contribution in [0.1, 0.15) is 32.1 Å². The van der Waals surface area contributed by atoms with E-state index in [4.69, 9.17) is 0 Å². The van der Waals surface area contributed by atoms with Gasteiger partial charge in [0.2, 0.25) is 5.79 Å². The molecular weight excluding hydrogens is 104 g/mol. The van der Waals surface area contributed by atoms with Gasteiger partial charge in [0.25, 0.3) is 0 Å². The summed E-state index contributed by atoms with van der Waals surface area (Å²) in [5, 5.41) is 21.1. The fourth-order valence-corrected chi connectivity index (χ4v) is 1.09. The maximum absolute atomic E-state index is 10.6. The SMILES string of the molecule is [O]C1([O])CCCCC1. The molecule has 0 aromatic carbocycles. The van der Waals surface area contributed by atoms with Crippen LogP contribution >= 0.6 is 0 Å². The molecule has 0 spiro atoms. The topological polar surface area (TPSA) is 39.8 Å². The molecule has 0 aliphatic heterocycles. The minimum atomic E-state index is -1.82. The third-order valence-electron chi connectivity index (χ3n) is 1.62. The van der Waals surface area contributed by atoms with Crippen molar-refractivity contribution in [2.45, 2.75) is 37.9 Å². The smallest absolute Gasteiger partial charge is 0.195 e. The molecule has 2 nitrogen and oxygen atoms in total. The van der Waals surface area contributed by atoms with E-state index in [1.165, 1.54) is 0 Å². The lowest BCUT2D eigenvalue weighted by molar-refractivity contribution is -0.259. The Kier molecular flexibility index (Phi) is 1.54. The second-order valence-corrected chi connectivity index (χ2v) is 2.47. The molecule has 0 amide bonds. The maximum atomic E-state index is 10.6. The molecule has 1 fully saturated rings. The van der Waals surface area contributed by atoms with Gasteiger partial charge in [0.05, 0.1) is 0 Å². The third-order valence-corrected chi connectivity index (χ3v) is 1.62. The molecule has 0 aromatic rings. The zero-order valence-corrected chi connectivity index (χ0v) is 4.85. The van der Waals surface area contributed by atoms with E-state index in [2.05, 4.69) is 0 Å². The van der Waals surface area contributed by atoms with E-state index in [1.54, 1.807) is 0 Å². The van der Waals surface area contributed by atoms with Gasteiger partial charge in [-0.05, 0) is 12.8 Å². The van der Waals surface area contributed by atoms with E-state index in [-0.39, 0.29) is 0 Å². The van der Waals surface area contributed by atoms with E-state index in [0.29, 0.717) is 12.8 Å². The Hall–Kier alpha value is -0.0800. The van der Waals surface area contributed by atoms with Crippen LogP contribution in [0.15, 0.2) is 0 Å². The van der Waals surface area contributed by atoms with Crippen molar-refractivity contribution in [3.05, 3.63) is 0 Å². The van der Waals surface area contributed by atoms with Crippen molar-refractivity contribution in [1.82, 2.24) is 0 Å². The summed E-state index contributed by atoms with van der Waals surface area (Å²) in [5.41, 5.74) is 0. The maximum Gasteiger partial charge on any atom is 0.234 e. The van der Waals surface area contributed by atoms with Crippen molar-refractivity contribution in [3.63, 3.8) is 0 Å². The molecule has 1 saturated carbocycles. The summed E-state index contributed by atoms with van der Waals surface area (Å²) in [6.07, 6.45) is 3.44. The van der Waals surface area contributed by atoms with Crippen LogP contribution in [-0.4, -0.2) is 5.79 Å². The number of hydrogen-bond acceptors (Lipinski definition) is 0. The Balaban J connectivity index is 2.33. The normalized spacial score (nSPS) is 27.8. The first kappa shape index (κ1) is 6.05. The van der Waals surface area contributed by atoms with Crippen molar-refractivity contribution in [2.24, 2.45) is 0 Å². The summed E-state index contributed by atoms with van der Waals surface area (Å²) in [6, 6.07) is 0. The highest BCUT2D eigenvalue weighted by Crippen LogP contribution is 2.25. The van der Waals surface area contributed by atoms with Crippen molar-refractivity contribution >= 4 is 0 Å². The van der Waals surface area contributed by atoms with Crippen molar-refractivity contribution < 1.29 is 10.2 Å². The van der Waals surface area contributed by atoms with Crippen LogP contribution in [0.2, 0.25) is 0 Å². The summed E-state index contributed by atoms with van der Waals surface area (Å²) in [6.45, 7) is 0. The van der Waals surface area contributed by atoms with Gasteiger partial charge in [-0.1, -0.05) is 6.42 Å². The summed E-state index contributed by atoms with van der Waals surface area (Å²) >= 11 is 0. The van der Waals surface area contributed by atoms with Crippen molar-refractivity contribution in [1.29, 1.82) is 0 Å². The van der Waals surface area contributed by atoms with Crippen LogP contribution in [0.5, 0.6) is 0 Å². The standard InChI is InChI=1S/C6H10O2/c7-6(8)4-2-1-3-5-6/h1-5H2. The summed E-state index contributed by atoms with van der Waals surface area (Å²) in [4.78, 5) is 0. The van der Waals surface area contributed by atoms with Crippen LogP contribution in [0.4, 0.5) is 0 Å². The largest absolute Gasteiger partial charge is 0.234 e. The van der Waals surface area contributed by atoms with Gasteiger partial charge in [-0.2, -0.15) is 10.2 Å². The molecule has 1 rings (SSSR count). The molecule has 0 N–H and O–H groups in total. The van der Waals surface area contributed by atoms with Gasteiger partial charge in [-0.25, -0.2) is 0 Å². The first-order valence-corrected chi connectivity index (χ1v) is 3.12. The lowest BCUT2D eigenvalue weighted by Gasteiger charge is -2.20. The molecule has 8 heavy (non-hydrogen) atoms. The molecule has 1 aliphatic rings. The summed E-state index contributed by atoms with van der Waals surface area (Å²) < 4.78 is 0. The molecule has 46 valence electrons. The number of hydrogen-bond donors (Lipinski definition) is 0. The minimum Gasteiger partial charge on any atom is -0.195 e. The van der Waals surface area contributed by atoms with Crippen molar-refractivity contribution in [3.8, 4) is 0 Å². The molecule has 0 heterocycles. The Bertz CT molecular complexity index is 70.6. The predicted molar refractivity (Wildman–Crippen MR) is 27.2 cm³/mol. The fourth-order valence-electron chi connectivity index (χ4n) is 1.09. The Labute approximate surface area is 49.1 Å². The minimum absolute atomic E-state index is 0.340. The van der Waals surface area contributed by atoms with E-state index in [0.717, 1.165) is 19.3 Å². The van der Waals surface area contributed by atoms with E-state index in [9.17, 15) is 10.2 Å².